The van der Waals surface area contributed by atoms with Crippen molar-refractivity contribution in [2.75, 3.05) is 10.6 Å². The molecule has 25 heavy (non-hydrogen) atoms. The van der Waals surface area contributed by atoms with E-state index in [4.69, 9.17) is 4.52 Å². The van der Waals surface area contributed by atoms with Crippen LogP contribution in [0.15, 0.2) is 41.2 Å². The van der Waals surface area contributed by atoms with E-state index >= 15 is 0 Å². The summed E-state index contributed by atoms with van der Waals surface area (Å²) in [6.07, 6.45) is 0.0863. The van der Waals surface area contributed by atoms with Crippen LogP contribution in [0.5, 0.6) is 0 Å². The number of carbonyl (C=O) groups is 1. The summed E-state index contributed by atoms with van der Waals surface area (Å²) in [5.41, 5.74) is 1.36. The highest BCUT2D eigenvalue weighted by Gasteiger charge is 2.13. The molecule has 1 aromatic carbocycles. The number of hydrogen-bond acceptors (Lipinski definition) is 5. The van der Waals surface area contributed by atoms with Gasteiger partial charge in [0, 0.05) is 18.7 Å². The molecular weight excluding hydrogens is 334 g/mol. The van der Waals surface area contributed by atoms with Crippen LogP contribution in [0, 0.1) is 6.92 Å². The molecule has 10 heteroatoms. The molecule has 0 aliphatic heterocycles. The van der Waals surface area contributed by atoms with E-state index in [1.54, 1.807) is 31.2 Å². The van der Waals surface area contributed by atoms with Gasteiger partial charge < -0.3 is 15.2 Å². The highest BCUT2D eigenvalue weighted by Crippen LogP contribution is 2.25. The molecule has 3 rings (SSSR count). The topological polar surface area (TPSA) is 97.9 Å². The minimum Gasteiger partial charge on any atom is -0.339 e. The van der Waals surface area contributed by atoms with E-state index in [0.29, 0.717) is 28.7 Å². The van der Waals surface area contributed by atoms with Crippen molar-refractivity contribution in [1.29, 1.82) is 0 Å². The number of nitrogens with one attached hydrogen (secondary N) is 2. The maximum absolute atomic E-state index is 12.3. The lowest BCUT2D eigenvalue weighted by molar-refractivity contribution is 0.122. The van der Waals surface area contributed by atoms with Gasteiger partial charge in [-0.1, -0.05) is 17.3 Å². The Labute approximate surface area is 140 Å². The van der Waals surface area contributed by atoms with Gasteiger partial charge in [-0.15, -0.1) is 0 Å². The highest BCUT2D eigenvalue weighted by molar-refractivity contribution is 6.01. The Hall–Kier alpha value is -3.30. The molecule has 2 heterocycles. The zero-order valence-electron chi connectivity index (χ0n) is 13.1. The number of aromatic nitrogens is 4. The van der Waals surface area contributed by atoms with Gasteiger partial charge in [-0.3, -0.25) is 4.68 Å². The maximum Gasteiger partial charge on any atom is 0.323 e. The molecule has 0 radical (unpaired) electrons. The molecule has 8 nitrogen and oxygen atoms in total. The van der Waals surface area contributed by atoms with E-state index in [9.17, 15) is 13.6 Å². The van der Waals surface area contributed by atoms with Crippen molar-refractivity contribution in [2.24, 2.45) is 0 Å². The van der Waals surface area contributed by atoms with Gasteiger partial charge in [0.15, 0.2) is 0 Å². The fourth-order valence-electron chi connectivity index (χ4n) is 2.15. The lowest BCUT2D eigenvalue weighted by Crippen LogP contribution is -2.19. The Balaban J connectivity index is 1.70. The van der Waals surface area contributed by atoms with Crippen LogP contribution < -0.4 is 10.6 Å². The van der Waals surface area contributed by atoms with Gasteiger partial charge in [0.05, 0.1) is 17.6 Å². The quantitative estimate of drug-likeness (QED) is 0.738. The average Bonchev–Trinajstić information content (AvgIpc) is 3.16. The first-order valence-electron chi connectivity index (χ1n) is 7.29. The minimum atomic E-state index is -2.52. The number of alkyl halides is 2. The normalized spacial score (nSPS) is 10.9. The zero-order valence-corrected chi connectivity index (χ0v) is 13.1. The molecule has 0 fully saturated rings. The predicted octanol–water partition coefficient (Wildman–Crippen LogP) is 3.15. The minimum absolute atomic E-state index is 0.297. The third kappa shape index (κ3) is 4.16. The van der Waals surface area contributed by atoms with E-state index in [1.807, 2.05) is 0 Å². The van der Waals surface area contributed by atoms with Crippen LogP contribution in [-0.4, -0.2) is 32.4 Å². The first kappa shape index (κ1) is 16.6. The second-order valence-corrected chi connectivity index (χ2v) is 5.10. The van der Waals surface area contributed by atoms with Crippen molar-refractivity contribution in [3.05, 3.63) is 42.5 Å². The number of halogens is 2. The monoisotopic (exact) mass is 348 g/mol. The van der Waals surface area contributed by atoms with Crippen molar-refractivity contribution in [3.8, 4) is 11.4 Å². The molecule has 0 bridgehead atoms. The number of amides is 2. The van der Waals surface area contributed by atoms with Crippen molar-refractivity contribution in [1.82, 2.24) is 19.9 Å². The number of carbonyl (C=O) groups excluding carboxylic acids is 1. The Kier molecular flexibility index (Phi) is 4.68. The number of hydrogen-bond donors (Lipinski definition) is 2. The SMILES string of the molecule is Cc1nc(-c2ccccc2NC(=O)Nc2cnn(CC(F)F)c2)no1. The Morgan fingerprint density at radius 1 is 1.32 bits per heavy atom. The third-order valence-corrected chi connectivity index (χ3v) is 3.16. The van der Waals surface area contributed by atoms with Crippen molar-refractivity contribution >= 4 is 17.4 Å². The van der Waals surface area contributed by atoms with Crippen LogP contribution in [0.25, 0.3) is 11.4 Å². The second-order valence-electron chi connectivity index (χ2n) is 5.10. The smallest absolute Gasteiger partial charge is 0.323 e. The van der Waals surface area contributed by atoms with Crippen molar-refractivity contribution in [2.45, 2.75) is 19.9 Å². The Morgan fingerprint density at radius 3 is 2.84 bits per heavy atom. The summed E-state index contributed by atoms with van der Waals surface area (Å²) < 4.78 is 30.6. The molecule has 0 aliphatic carbocycles. The first-order chi connectivity index (χ1) is 12.0. The molecule has 0 unspecified atom stereocenters. The number of benzene rings is 1. The summed E-state index contributed by atoms with van der Waals surface area (Å²) in [5.74, 6) is 0.749. The molecule has 0 atom stereocenters. The van der Waals surface area contributed by atoms with Crippen LogP contribution in [0.2, 0.25) is 0 Å². The summed E-state index contributed by atoms with van der Waals surface area (Å²) in [6, 6.07) is 6.39. The predicted molar refractivity (Wildman–Crippen MR) is 85.3 cm³/mol. The van der Waals surface area contributed by atoms with Crippen LogP contribution in [0.1, 0.15) is 5.89 Å². The fraction of sp³-hybridized carbons (Fsp3) is 0.200. The Morgan fingerprint density at radius 2 is 2.12 bits per heavy atom. The lowest BCUT2D eigenvalue weighted by Gasteiger charge is -2.09. The second kappa shape index (κ2) is 7.07. The summed E-state index contributed by atoms with van der Waals surface area (Å²) in [4.78, 5) is 16.3. The molecule has 2 amide bonds. The molecule has 0 saturated heterocycles. The first-order valence-corrected chi connectivity index (χ1v) is 7.29. The molecule has 130 valence electrons. The number of aryl methyl sites for hydroxylation is 1. The summed E-state index contributed by atoms with van der Waals surface area (Å²) >= 11 is 0. The molecule has 0 saturated carbocycles. The standard InChI is InChI=1S/C15H14F2N6O2/c1-9-19-14(22-25-9)11-4-2-3-5-12(11)21-15(24)20-10-6-18-23(7-10)8-13(16)17/h2-7,13H,8H2,1H3,(H2,20,21,24). The van der Waals surface area contributed by atoms with Crippen LogP contribution in [-0.2, 0) is 6.54 Å². The van der Waals surface area contributed by atoms with Gasteiger partial charge in [0.25, 0.3) is 6.43 Å². The number of anilines is 2. The van der Waals surface area contributed by atoms with Gasteiger partial charge in [0.2, 0.25) is 11.7 Å². The largest absolute Gasteiger partial charge is 0.339 e. The maximum atomic E-state index is 12.3. The molecule has 2 aromatic heterocycles. The van der Waals surface area contributed by atoms with E-state index < -0.39 is 19.0 Å². The average molecular weight is 348 g/mol. The molecular formula is C15H14F2N6O2. The molecule has 0 spiro atoms. The number of para-hydroxylation sites is 1. The molecule has 2 N–H and O–H groups in total. The van der Waals surface area contributed by atoms with Gasteiger partial charge >= 0.3 is 6.03 Å². The van der Waals surface area contributed by atoms with Crippen molar-refractivity contribution in [3.63, 3.8) is 0 Å². The van der Waals surface area contributed by atoms with E-state index in [2.05, 4.69) is 25.9 Å². The summed E-state index contributed by atoms with van der Waals surface area (Å²) in [7, 11) is 0. The van der Waals surface area contributed by atoms with Gasteiger partial charge in [-0.05, 0) is 12.1 Å². The van der Waals surface area contributed by atoms with Gasteiger partial charge in [0.1, 0.15) is 6.54 Å². The fourth-order valence-corrected chi connectivity index (χ4v) is 2.15. The van der Waals surface area contributed by atoms with E-state index in [-0.39, 0.29) is 0 Å². The van der Waals surface area contributed by atoms with Crippen LogP contribution in [0.4, 0.5) is 25.0 Å². The Bertz CT molecular complexity index is 876. The highest BCUT2D eigenvalue weighted by atomic mass is 19.3. The van der Waals surface area contributed by atoms with Crippen LogP contribution >= 0.6 is 0 Å². The van der Waals surface area contributed by atoms with Gasteiger partial charge in [-0.2, -0.15) is 10.1 Å². The van der Waals surface area contributed by atoms with E-state index in [0.717, 1.165) is 4.68 Å². The van der Waals surface area contributed by atoms with Crippen molar-refractivity contribution < 1.29 is 18.1 Å². The molecule has 3 aromatic rings. The van der Waals surface area contributed by atoms with E-state index in [1.165, 1.54) is 12.4 Å². The summed E-state index contributed by atoms with van der Waals surface area (Å²) in [6.45, 7) is 1.12. The number of nitrogens with zero attached hydrogens (tertiary/aromatic N) is 4. The third-order valence-electron chi connectivity index (χ3n) is 3.16. The van der Waals surface area contributed by atoms with Gasteiger partial charge in [-0.25, -0.2) is 13.6 Å². The summed E-state index contributed by atoms with van der Waals surface area (Å²) in [5, 5.41) is 12.8. The van der Waals surface area contributed by atoms with Crippen LogP contribution in [0.3, 0.4) is 0 Å². The lowest BCUT2D eigenvalue weighted by atomic mass is 10.1. The molecule has 0 aliphatic rings. The number of rotatable bonds is 5. The number of urea groups is 1. The zero-order chi connectivity index (χ0) is 17.8.